The number of carbonyl (C=O) groups is 2. The SMILES string of the molecule is COc1ccc(NC(=O)CNC(=O)CCC(C)C)cc1S(=O)(=O)N1CCOCC1. The molecule has 0 unspecified atom stereocenters. The number of anilines is 1. The minimum atomic E-state index is -3.80. The third-order valence-corrected chi connectivity index (χ3v) is 6.35. The Balaban J connectivity index is 2.06. The summed E-state index contributed by atoms with van der Waals surface area (Å²) in [5.74, 6) is -0.0425. The van der Waals surface area contributed by atoms with Gasteiger partial charge in [-0.15, -0.1) is 0 Å². The largest absolute Gasteiger partial charge is 0.495 e. The van der Waals surface area contributed by atoms with Crippen molar-refractivity contribution in [3.63, 3.8) is 0 Å². The van der Waals surface area contributed by atoms with Gasteiger partial charge in [-0.05, 0) is 30.5 Å². The van der Waals surface area contributed by atoms with Gasteiger partial charge in [0.15, 0.2) is 0 Å². The average Bonchev–Trinajstić information content (AvgIpc) is 2.71. The van der Waals surface area contributed by atoms with Crippen LogP contribution in [0.5, 0.6) is 5.75 Å². The highest BCUT2D eigenvalue weighted by Gasteiger charge is 2.29. The van der Waals surface area contributed by atoms with Gasteiger partial charge >= 0.3 is 0 Å². The van der Waals surface area contributed by atoms with Crippen molar-refractivity contribution in [2.24, 2.45) is 5.92 Å². The molecule has 0 spiro atoms. The standard InChI is InChI=1S/C19H29N3O6S/c1-14(2)4-7-18(23)20-13-19(24)21-15-5-6-16(27-3)17(12-15)29(25,26)22-8-10-28-11-9-22/h5-6,12,14H,4,7-11,13H2,1-3H3,(H,20,23)(H,21,24). The van der Waals surface area contributed by atoms with Crippen LogP contribution >= 0.6 is 0 Å². The predicted octanol–water partition coefficient (Wildman–Crippen LogP) is 1.21. The van der Waals surface area contributed by atoms with Gasteiger partial charge in [0.2, 0.25) is 21.8 Å². The van der Waals surface area contributed by atoms with Crippen LogP contribution < -0.4 is 15.4 Å². The minimum absolute atomic E-state index is 0.0272. The van der Waals surface area contributed by atoms with Crippen LogP contribution in [-0.2, 0) is 24.3 Å². The number of hydrogen-bond donors (Lipinski definition) is 2. The number of ether oxygens (including phenoxy) is 2. The Bertz CT molecular complexity index is 819. The molecule has 29 heavy (non-hydrogen) atoms. The van der Waals surface area contributed by atoms with Gasteiger partial charge in [-0.1, -0.05) is 13.8 Å². The Hall–Kier alpha value is -2.17. The number of rotatable bonds is 9. The topological polar surface area (TPSA) is 114 Å². The summed E-state index contributed by atoms with van der Waals surface area (Å²) in [4.78, 5) is 23.9. The van der Waals surface area contributed by atoms with E-state index >= 15 is 0 Å². The predicted molar refractivity (Wildman–Crippen MR) is 108 cm³/mol. The minimum Gasteiger partial charge on any atom is -0.495 e. The molecule has 1 heterocycles. The third kappa shape index (κ3) is 6.69. The maximum atomic E-state index is 13.0. The number of benzene rings is 1. The summed E-state index contributed by atoms with van der Waals surface area (Å²) in [6, 6.07) is 4.40. The number of methoxy groups -OCH3 is 1. The molecule has 162 valence electrons. The van der Waals surface area contributed by atoms with Crippen LogP contribution in [0.2, 0.25) is 0 Å². The first kappa shape index (κ1) is 23.1. The first-order chi connectivity index (χ1) is 13.7. The molecule has 2 amide bonds. The molecule has 9 nitrogen and oxygen atoms in total. The molecular formula is C19H29N3O6S. The molecule has 0 aliphatic carbocycles. The van der Waals surface area contributed by atoms with Crippen LogP contribution in [0.1, 0.15) is 26.7 Å². The average molecular weight is 428 g/mol. The number of morpholine rings is 1. The lowest BCUT2D eigenvalue weighted by molar-refractivity contribution is -0.124. The summed E-state index contributed by atoms with van der Waals surface area (Å²) >= 11 is 0. The molecule has 1 saturated heterocycles. The number of hydrogen-bond acceptors (Lipinski definition) is 6. The molecule has 10 heteroatoms. The van der Waals surface area contributed by atoms with E-state index in [1.807, 2.05) is 13.8 Å². The van der Waals surface area contributed by atoms with E-state index in [0.717, 1.165) is 6.42 Å². The van der Waals surface area contributed by atoms with Crippen LogP contribution in [0, 0.1) is 5.92 Å². The lowest BCUT2D eigenvalue weighted by Crippen LogP contribution is -2.40. The second kappa shape index (κ2) is 10.6. The molecule has 2 rings (SSSR count). The van der Waals surface area contributed by atoms with E-state index < -0.39 is 15.9 Å². The number of nitrogens with one attached hydrogen (secondary N) is 2. The molecule has 0 aromatic heterocycles. The number of carbonyl (C=O) groups excluding carboxylic acids is 2. The van der Waals surface area contributed by atoms with Crippen molar-refractivity contribution in [2.75, 3.05) is 45.3 Å². The van der Waals surface area contributed by atoms with Gasteiger partial charge in [0.1, 0.15) is 10.6 Å². The summed E-state index contributed by atoms with van der Waals surface area (Å²) in [6.45, 7) is 5.02. The summed E-state index contributed by atoms with van der Waals surface area (Å²) in [5.41, 5.74) is 0.305. The van der Waals surface area contributed by atoms with Crippen LogP contribution in [0.4, 0.5) is 5.69 Å². The van der Waals surface area contributed by atoms with Crippen molar-refractivity contribution in [3.8, 4) is 5.75 Å². The van der Waals surface area contributed by atoms with E-state index in [0.29, 0.717) is 31.2 Å². The molecular weight excluding hydrogens is 398 g/mol. The van der Waals surface area contributed by atoms with E-state index in [1.165, 1.54) is 23.5 Å². The van der Waals surface area contributed by atoms with Gasteiger partial charge in [0.05, 0.1) is 26.9 Å². The lowest BCUT2D eigenvalue weighted by atomic mass is 10.1. The van der Waals surface area contributed by atoms with Gasteiger partial charge in [-0.3, -0.25) is 9.59 Å². The normalized spacial score (nSPS) is 15.2. The number of amides is 2. The first-order valence-electron chi connectivity index (χ1n) is 9.56. The fourth-order valence-electron chi connectivity index (χ4n) is 2.77. The zero-order valence-corrected chi connectivity index (χ0v) is 17.9. The van der Waals surface area contributed by atoms with Gasteiger partial charge in [0, 0.05) is 25.2 Å². The van der Waals surface area contributed by atoms with Crippen molar-refractivity contribution in [3.05, 3.63) is 18.2 Å². The molecule has 2 N–H and O–H groups in total. The van der Waals surface area contributed by atoms with E-state index in [9.17, 15) is 18.0 Å². The quantitative estimate of drug-likeness (QED) is 0.612. The van der Waals surface area contributed by atoms with Gasteiger partial charge in [-0.2, -0.15) is 4.31 Å². The van der Waals surface area contributed by atoms with Gasteiger partial charge in [0.25, 0.3) is 0 Å². The van der Waals surface area contributed by atoms with Crippen molar-refractivity contribution >= 4 is 27.5 Å². The van der Waals surface area contributed by atoms with Crippen molar-refractivity contribution in [1.29, 1.82) is 0 Å². The Morgan fingerprint density at radius 2 is 1.90 bits per heavy atom. The van der Waals surface area contributed by atoms with Crippen LogP contribution in [0.3, 0.4) is 0 Å². The molecule has 1 aromatic rings. The fraction of sp³-hybridized carbons (Fsp3) is 0.579. The monoisotopic (exact) mass is 427 g/mol. The summed E-state index contributed by atoms with van der Waals surface area (Å²) in [5, 5.41) is 5.17. The highest BCUT2D eigenvalue weighted by molar-refractivity contribution is 7.89. The van der Waals surface area contributed by atoms with Crippen molar-refractivity contribution in [1.82, 2.24) is 9.62 Å². The highest BCUT2D eigenvalue weighted by atomic mass is 32.2. The maximum Gasteiger partial charge on any atom is 0.246 e. The molecule has 0 saturated carbocycles. The smallest absolute Gasteiger partial charge is 0.246 e. The molecule has 0 radical (unpaired) electrons. The van der Waals surface area contributed by atoms with Crippen LogP contribution in [0.25, 0.3) is 0 Å². The molecule has 1 aromatic carbocycles. The van der Waals surface area contributed by atoms with E-state index in [4.69, 9.17) is 9.47 Å². The van der Waals surface area contributed by atoms with Gasteiger partial charge < -0.3 is 20.1 Å². The lowest BCUT2D eigenvalue weighted by Gasteiger charge is -2.26. The molecule has 1 aliphatic heterocycles. The summed E-state index contributed by atoms with van der Waals surface area (Å²) < 4.78 is 37.7. The maximum absolute atomic E-state index is 13.0. The van der Waals surface area contributed by atoms with Gasteiger partial charge in [-0.25, -0.2) is 8.42 Å². The highest BCUT2D eigenvalue weighted by Crippen LogP contribution is 2.30. The van der Waals surface area contributed by atoms with Crippen molar-refractivity contribution < 1.29 is 27.5 Å². The molecule has 1 fully saturated rings. The van der Waals surface area contributed by atoms with E-state index in [2.05, 4.69) is 10.6 Å². The third-order valence-electron chi connectivity index (χ3n) is 4.43. The van der Waals surface area contributed by atoms with Crippen LogP contribution in [0.15, 0.2) is 23.1 Å². The Labute approximate surface area is 171 Å². The fourth-order valence-corrected chi connectivity index (χ4v) is 4.36. The van der Waals surface area contributed by atoms with Crippen LogP contribution in [-0.4, -0.2) is 64.5 Å². The molecule has 0 bridgehead atoms. The Morgan fingerprint density at radius 1 is 1.21 bits per heavy atom. The molecule has 0 atom stereocenters. The van der Waals surface area contributed by atoms with E-state index in [1.54, 1.807) is 6.07 Å². The summed E-state index contributed by atoms with van der Waals surface area (Å²) in [6.07, 6.45) is 1.10. The molecule has 1 aliphatic rings. The summed E-state index contributed by atoms with van der Waals surface area (Å²) in [7, 11) is -2.41. The number of nitrogens with zero attached hydrogens (tertiary/aromatic N) is 1. The second-order valence-corrected chi connectivity index (χ2v) is 9.05. The zero-order chi connectivity index (χ0) is 21.4. The second-order valence-electron chi connectivity index (χ2n) is 7.14. The Morgan fingerprint density at radius 3 is 2.52 bits per heavy atom. The first-order valence-corrected chi connectivity index (χ1v) is 11.0. The van der Waals surface area contributed by atoms with E-state index in [-0.39, 0.29) is 36.2 Å². The zero-order valence-electron chi connectivity index (χ0n) is 17.1. The van der Waals surface area contributed by atoms with Crippen molar-refractivity contribution in [2.45, 2.75) is 31.6 Å². The number of sulfonamides is 1. The Kier molecular flexibility index (Phi) is 8.42.